The van der Waals surface area contributed by atoms with Gasteiger partial charge in [0.05, 0.1) is 13.1 Å². The molecular formula is C17H26ClN2O+. The van der Waals surface area contributed by atoms with Crippen LogP contribution in [-0.2, 0) is 11.3 Å². The van der Waals surface area contributed by atoms with Crippen LogP contribution in [0.2, 0.25) is 5.02 Å². The molecule has 1 aromatic rings. The molecule has 0 aliphatic carbocycles. The van der Waals surface area contributed by atoms with E-state index in [-0.39, 0.29) is 11.8 Å². The summed E-state index contributed by atoms with van der Waals surface area (Å²) >= 11 is 6.22. The van der Waals surface area contributed by atoms with Gasteiger partial charge in [-0.25, -0.2) is 0 Å². The molecule has 3 nitrogen and oxygen atoms in total. The summed E-state index contributed by atoms with van der Waals surface area (Å²) in [6.07, 6.45) is 1.95. The predicted octanol–water partition coefficient (Wildman–Crippen LogP) is 1.91. The van der Waals surface area contributed by atoms with E-state index in [4.69, 9.17) is 11.6 Å². The Morgan fingerprint density at radius 2 is 2.00 bits per heavy atom. The maximum absolute atomic E-state index is 12.1. The zero-order valence-corrected chi connectivity index (χ0v) is 13.7. The summed E-state index contributed by atoms with van der Waals surface area (Å²) in [7, 11) is 0. The van der Waals surface area contributed by atoms with Gasteiger partial charge >= 0.3 is 0 Å². The maximum Gasteiger partial charge on any atom is 0.223 e. The molecule has 0 unspecified atom stereocenters. The van der Waals surface area contributed by atoms with E-state index in [1.165, 1.54) is 10.5 Å². The molecule has 4 heteroatoms. The third-order valence-electron chi connectivity index (χ3n) is 4.15. The standard InChI is InChI=1S/C17H25ClN2O/c1-13(2)11-19-17(21)14-7-9-20(10-8-14)12-15-5-3-4-6-16(15)18/h3-6,13-14H,7-12H2,1-2H3,(H,19,21)/p+1. The lowest BCUT2D eigenvalue weighted by Crippen LogP contribution is -3.11. The number of nitrogens with one attached hydrogen (secondary N) is 2. The second-order valence-corrected chi connectivity index (χ2v) is 6.84. The van der Waals surface area contributed by atoms with Crippen molar-refractivity contribution in [2.75, 3.05) is 19.6 Å². The van der Waals surface area contributed by atoms with Gasteiger partial charge in [0.2, 0.25) is 5.91 Å². The monoisotopic (exact) mass is 309 g/mol. The molecule has 0 radical (unpaired) electrons. The fraction of sp³-hybridized carbons (Fsp3) is 0.588. The van der Waals surface area contributed by atoms with Gasteiger partial charge in [-0.1, -0.05) is 43.6 Å². The topological polar surface area (TPSA) is 33.5 Å². The van der Waals surface area contributed by atoms with Gasteiger partial charge in [0.1, 0.15) is 6.54 Å². The zero-order chi connectivity index (χ0) is 15.2. The van der Waals surface area contributed by atoms with Crippen molar-refractivity contribution in [3.05, 3.63) is 34.9 Å². The minimum Gasteiger partial charge on any atom is -0.356 e. The number of piperidine rings is 1. The molecule has 1 aliphatic heterocycles. The largest absolute Gasteiger partial charge is 0.356 e. The molecule has 0 saturated carbocycles. The Morgan fingerprint density at radius 3 is 2.62 bits per heavy atom. The van der Waals surface area contributed by atoms with E-state index in [0.29, 0.717) is 5.92 Å². The number of likely N-dealkylation sites (tertiary alicyclic amines) is 1. The molecule has 0 spiro atoms. The molecule has 1 fully saturated rings. The highest BCUT2D eigenvalue weighted by atomic mass is 35.5. The maximum atomic E-state index is 12.1. The molecule has 1 heterocycles. The van der Waals surface area contributed by atoms with Crippen molar-refractivity contribution < 1.29 is 9.69 Å². The first kappa shape index (κ1) is 16.3. The number of carbonyl (C=O) groups excluding carboxylic acids is 1. The Labute approximate surface area is 132 Å². The number of halogens is 1. The highest BCUT2D eigenvalue weighted by molar-refractivity contribution is 6.31. The lowest BCUT2D eigenvalue weighted by molar-refractivity contribution is -0.919. The van der Waals surface area contributed by atoms with Gasteiger partial charge in [-0.3, -0.25) is 4.79 Å². The second-order valence-electron chi connectivity index (χ2n) is 6.43. The summed E-state index contributed by atoms with van der Waals surface area (Å²) in [4.78, 5) is 13.6. The van der Waals surface area contributed by atoms with Crippen molar-refractivity contribution >= 4 is 17.5 Å². The normalized spacial score (nSPS) is 22.3. The van der Waals surface area contributed by atoms with E-state index < -0.39 is 0 Å². The summed E-state index contributed by atoms with van der Waals surface area (Å²) in [5, 5.41) is 3.91. The molecule has 0 atom stereocenters. The summed E-state index contributed by atoms with van der Waals surface area (Å²) in [6.45, 7) is 8.08. The van der Waals surface area contributed by atoms with Crippen LogP contribution in [0.1, 0.15) is 32.3 Å². The van der Waals surface area contributed by atoms with Crippen LogP contribution in [0.4, 0.5) is 0 Å². The third-order valence-corrected chi connectivity index (χ3v) is 4.52. The van der Waals surface area contributed by atoms with Gasteiger partial charge in [0.15, 0.2) is 0 Å². The van der Waals surface area contributed by atoms with Crippen molar-refractivity contribution in [1.82, 2.24) is 5.32 Å². The molecule has 2 N–H and O–H groups in total. The highest BCUT2D eigenvalue weighted by Gasteiger charge is 2.27. The fourth-order valence-corrected chi connectivity index (χ4v) is 3.03. The molecule has 21 heavy (non-hydrogen) atoms. The number of quaternary nitrogens is 1. The molecule has 0 aromatic heterocycles. The number of hydrogen-bond donors (Lipinski definition) is 2. The van der Waals surface area contributed by atoms with Gasteiger partial charge in [-0.05, 0) is 12.0 Å². The Morgan fingerprint density at radius 1 is 1.33 bits per heavy atom. The molecule has 2 rings (SSSR count). The zero-order valence-electron chi connectivity index (χ0n) is 13.0. The number of amides is 1. The van der Waals surface area contributed by atoms with Gasteiger partial charge in [0, 0.05) is 35.9 Å². The van der Waals surface area contributed by atoms with Crippen LogP contribution in [0.5, 0.6) is 0 Å². The van der Waals surface area contributed by atoms with Crippen molar-refractivity contribution in [2.45, 2.75) is 33.2 Å². The summed E-state index contributed by atoms with van der Waals surface area (Å²) in [6, 6.07) is 8.04. The molecule has 1 aliphatic rings. The molecular weight excluding hydrogens is 284 g/mol. The Bertz CT molecular complexity index is 468. The van der Waals surface area contributed by atoms with Gasteiger partial charge in [-0.15, -0.1) is 0 Å². The molecule has 1 aromatic carbocycles. The minimum absolute atomic E-state index is 0.193. The Hall–Kier alpha value is -1.06. The van der Waals surface area contributed by atoms with Gasteiger partial charge in [-0.2, -0.15) is 0 Å². The molecule has 1 saturated heterocycles. The SMILES string of the molecule is CC(C)CNC(=O)C1CC[NH+](Cc2ccccc2Cl)CC1. The van der Waals surface area contributed by atoms with Gasteiger partial charge < -0.3 is 10.2 Å². The van der Waals surface area contributed by atoms with E-state index >= 15 is 0 Å². The lowest BCUT2D eigenvalue weighted by atomic mass is 9.95. The predicted molar refractivity (Wildman–Crippen MR) is 86.4 cm³/mol. The summed E-state index contributed by atoms with van der Waals surface area (Å²) in [5.74, 6) is 0.944. The van der Waals surface area contributed by atoms with Gasteiger partial charge in [0.25, 0.3) is 0 Å². The van der Waals surface area contributed by atoms with E-state index in [0.717, 1.165) is 44.0 Å². The van der Waals surface area contributed by atoms with Crippen LogP contribution in [0, 0.1) is 11.8 Å². The van der Waals surface area contributed by atoms with E-state index in [2.05, 4.69) is 25.2 Å². The van der Waals surface area contributed by atoms with E-state index in [9.17, 15) is 4.79 Å². The van der Waals surface area contributed by atoms with Crippen molar-refractivity contribution in [3.63, 3.8) is 0 Å². The van der Waals surface area contributed by atoms with Crippen LogP contribution in [-0.4, -0.2) is 25.5 Å². The highest BCUT2D eigenvalue weighted by Crippen LogP contribution is 2.15. The number of rotatable bonds is 5. The van der Waals surface area contributed by atoms with E-state index in [1.54, 1.807) is 0 Å². The second kappa shape index (κ2) is 7.81. The van der Waals surface area contributed by atoms with Crippen LogP contribution in [0.25, 0.3) is 0 Å². The van der Waals surface area contributed by atoms with E-state index in [1.807, 2.05) is 18.2 Å². The van der Waals surface area contributed by atoms with Crippen molar-refractivity contribution in [1.29, 1.82) is 0 Å². The quantitative estimate of drug-likeness (QED) is 0.856. The molecule has 0 bridgehead atoms. The first-order valence-corrected chi connectivity index (χ1v) is 8.28. The average molecular weight is 310 g/mol. The Kier molecular flexibility index (Phi) is 6.07. The molecule has 116 valence electrons. The first-order chi connectivity index (χ1) is 10.1. The minimum atomic E-state index is 0.193. The first-order valence-electron chi connectivity index (χ1n) is 7.91. The number of benzene rings is 1. The summed E-state index contributed by atoms with van der Waals surface area (Å²) < 4.78 is 0. The number of hydrogen-bond acceptors (Lipinski definition) is 1. The number of carbonyl (C=O) groups is 1. The van der Waals surface area contributed by atoms with Crippen LogP contribution >= 0.6 is 11.6 Å². The Balaban J connectivity index is 1.78. The fourth-order valence-electron chi connectivity index (χ4n) is 2.83. The smallest absolute Gasteiger partial charge is 0.223 e. The average Bonchev–Trinajstić information content (AvgIpc) is 2.48. The van der Waals surface area contributed by atoms with Crippen LogP contribution in [0.3, 0.4) is 0 Å². The van der Waals surface area contributed by atoms with Crippen LogP contribution < -0.4 is 10.2 Å². The lowest BCUT2D eigenvalue weighted by Gasteiger charge is -2.29. The molecule has 1 amide bonds. The van der Waals surface area contributed by atoms with Crippen LogP contribution in [0.15, 0.2) is 24.3 Å². The third kappa shape index (κ3) is 5.01. The van der Waals surface area contributed by atoms with Crippen molar-refractivity contribution in [3.8, 4) is 0 Å². The summed E-state index contributed by atoms with van der Waals surface area (Å²) in [5.41, 5.74) is 1.21. The van der Waals surface area contributed by atoms with Crippen molar-refractivity contribution in [2.24, 2.45) is 11.8 Å².